The van der Waals surface area contributed by atoms with E-state index >= 15 is 0 Å². The summed E-state index contributed by atoms with van der Waals surface area (Å²) in [7, 11) is 0. The molecular weight excluding hydrogens is 314 g/mol. The number of hydrogen-bond donors (Lipinski definition) is 1. The summed E-state index contributed by atoms with van der Waals surface area (Å²) in [4.78, 5) is 16.4. The first-order chi connectivity index (χ1) is 11.4. The van der Waals surface area contributed by atoms with E-state index in [1.54, 1.807) is 24.3 Å². The summed E-state index contributed by atoms with van der Waals surface area (Å²) in [5.41, 5.74) is 1.52. The molecular formula is C18H14F2N2O2. The second-order valence-electron chi connectivity index (χ2n) is 5.32. The Hall–Kier alpha value is -3.02. The summed E-state index contributed by atoms with van der Waals surface area (Å²) >= 11 is 0. The van der Waals surface area contributed by atoms with Gasteiger partial charge in [0.15, 0.2) is 0 Å². The van der Waals surface area contributed by atoms with Gasteiger partial charge in [-0.15, -0.1) is 0 Å². The minimum absolute atomic E-state index is 0.358. The van der Waals surface area contributed by atoms with Crippen LogP contribution in [0.1, 0.15) is 21.8 Å². The molecule has 0 unspecified atom stereocenters. The predicted molar refractivity (Wildman–Crippen MR) is 85.7 cm³/mol. The quantitative estimate of drug-likeness (QED) is 0.771. The van der Waals surface area contributed by atoms with E-state index in [0.29, 0.717) is 22.9 Å². The van der Waals surface area contributed by atoms with Crippen molar-refractivity contribution in [3.05, 3.63) is 71.1 Å². The van der Waals surface area contributed by atoms with E-state index < -0.39 is 17.5 Å². The molecule has 1 N–H and O–H groups in total. The minimum Gasteiger partial charge on any atom is -0.441 e. The Morgan fingerprint density at radius 3 is 2.62 bits per heavy atom. The van der Waals surface area contributed by atoms with Gasteiger partial charge in [-0.1, -0.05) is 6.07 Å². The number of carbonyl (C=O) groups excluding carboxylic acids is 1. The predicted octanol–water partition coefficient (Wildman–Crippen LogP) is 4.49. The van der Waals surface area contributed by atoms with Crippen molar-refractivity contribution >= 4 is 11.6 Å². The van der Waals surface area contributed by atoms with Crippen LogP contribution in [-0.2, 0) is 0 Å². The Morgan fingerprint density at radius 2 is 1.92 bits per heavy atom. The molecule has 0 saturated heterocycles. The largest absolute Gasteiger partial charge is 0.441 e. The lowest BCUT2D eigenvalue weighted by Crippen LogP contribution is -2.14. The Bertz CT molecular complexity index is 900. The lowest BCUT2D eigenvalue weighted by Gasteiger charge is -2.07. The average molecular weight is 328 g/mol. The molecule has 1 heterocycles. The van der Waals surface area contributed by atoms with Crippen LogP contribution >= 0.6 is 0 Å². The summed E-state index contributed by atoms with van der Waals surface area (Å²) in [6.45, 7) is 3.64. The van der Waals surface area contributed by atoms with Gasteiger partial charge in [0.1, 0.15) is 17.4 Å². The van der Waals surface area contributed by atoms with Gasteiger partial charge in [-0.3, -0.25) is 4.79 Å². The zero-order chi connectivity index (χ0) is 17.3. The van der Waals surface area contributed by atoms with Crippen LogP contribution in [0.25, 0.3) is 11.5 Å². The van der Waals surface area contributed by atoms with Gasteiger partial charge in [0.05, 0.1) is 11.3 Å². The first-order valence-corrected chi connectivity index (χ1v) is 7.25. The summed E-state index contributed by atoms with van der Waals surface area (Å²) in [5.74, 6) is -1.06. The highest BCUT2D eigenvalue weighted by Crippen LogP contribution is 2.24. The van der Waals surface area contributed by atoms with Gasteiger partial charge < -0.3 is 9.73 Å². The summed E-state index contributed by atoms with van der Waals surface area (Å²) < 4.78 is 32.4. The van der Waals surface area contributed by atoms with E-state index in [1.807, 2.05) is 13.8 Å². The van der Waals surface area contributed by atoms with E-state index in [4.69, 9.17) is 4.42 Å². The fourth-order valence-electron chi connectivity index (χ4n) is 2.20. The van der Waals surface area contributed by atoms with Crippen LogP contribution in [0.5, 0.6) is 0 Å². The van der Waals surface area contributed by atoms with E-state index in [0.717, 1.165) is 23.9 Å². The molecule has 122 valence electrons. The maximum absolute atomic E-state index is 13.7. The SMILES string of the molecule is Cc1nc(-c2cccc(NC(=O)c3cc(F)ccc3F)c2)oc1C. The number of aromatic nitrogens is 1. The van der Waals surface area contributed by atoms with Crippen molar-refractivity contribution in [2.45, 2.75) is 13.8 Å². The van der Waals surface area contributed by atoms with E-state index in [-0.39, 0.29) is 5.56 Å². The van der Waals surface area contributed by atoms with Gasteiger partial charge in [0.25, 0.3) is 5.91 Å². The number of benzene rings is 2. The van der Waals surface area contributed by atoms with Gasteiger partial charge in [-0.2, -0.15) is 0 Å². The molecule has 6 heteroatoms. The number of halogens is 2. The normalized spacial score (nSPS) is 10.7. The Morgan fingerprint density at radius 1 is 1.12 bits per heavy atom. The van der Waals surface area contributed by atoms with Gasteiger partial charge in [-0.25, -0.2) is 13.8 Å². The number of anilines is 1. The van der Waals surface area contributed by atoms with Crippen molar-refractivity contribution in [3.63, 3.8) is 0 Å². The molecule has 0 aliphatic rings. The molecule has 3 rings (SSSR count). The number of amides is 1. The van der Waals surface area contributed by atoms with Crippen molar-refractivity contribution in [1.29, 1.82) is 0 Å². The maximum atomic E-state index is 13.7. The van der Waals surface area contributed by atoms with E-state index in [1.165, 1.54) is 0 Å². The van der Waals surface area contributed by atoms with Crippen molar-refractivity contribution in [3.8, 4) is 11.5 Å². The van der Waals surface area contributed by atoms with Gasteiger partial charge in [-0.05, 0) is 50.2 Å². The monoisotopic (exact) mass is 328 g/mol. The molecule has 2 aromatic carbocycles. The highest BCUT2D eigenvalue weighted by atomic mass is 19.1. The molecule has 1 amide bonds. The van der Waals surface area contributed by atoms with E-state index in [9.17, 15) is 13.6 Å². The number of aryl methyl sites for hydroxylation is 2. The Kier molecular flexibility index (Phi) is 4.12. The third-order valence-corrected chi connectivity index (χ3v) is 3.57. The Labute approximate surface area is 137 Å². The topological polar surface area (TPSA) is 55.1 Å². The van der Waals surface area contributed by atoms with Crippen molar-refractivity contribution in [2.75, 3.05) is 5.32 Å². The number of oxazole rings is 1. The highest BCUT2D eigenvalue weighted by Gasteiger charge is 2.14. The summed E-state index contributed by atoms with van der Waals surface area (Å²) in [5, 5.41) is 2.54. The molecule has 0 atom stereocenters. The molecule has 0 saturated carbocycles. The smallest absolute Gasteiger partial charge is 0.258 e. The summed E-state index contributed by atoms with van der Waals surface area (Å²) in [6.07, 6.45) is 0. The van der Waals surface area contributed by atoms with Gasteiger partial charge in [0, 0.05) is 11.3 Å². The summed E-state index contributed by atoms with van der Waals surface area (Å²) in [6, 6.07) is 9.51. The molecule has 3 aromatic rings. The minimum atomic E-state index is -0.788. The van der Waals surface area contributed by atoms with Crippen molar-refractivity contribution in [1.82, 2.24) is 4.98 Å². The molecule has 24 heavy (non-hydrogen) atoms. The fraction of sp³-hybridized carbons (Fsp3) is 0.111. The number of nitrogens with one attached hydrogen (secondary N) is 1. The standard InChI is InChI=1S/C18H14F2N2O2/c1-10-11(2)24-18(21-10)12-4-3-5-14(8-12)22-17(23)15-9-13(19)6-7-16(15)20/h3-9H,1-2H3,(H,22,23). The first-order valence-electron chi connectivity index (χ1n) is 7.25. The molecule has 4 nitrogen and oxygen atoms in total. The number of rotatable bonds is 3. The molecule has 0 aliphatic carbocycles. The van der Waals surface area contributed by atoms with Gasteiger partial charge in [0.2, 0.25) is 5.89 Å². The zero-order valence-corrected chi connectivity index (χ0v) is 13.1. The maximum Gasteiger partial charge on any atom is 0.258 e. The van der Waals surface area contributed by atoms with Crippen LogP contribution in [0.3, 0.4) is 0 Å². The van der Waals surface area contributed by atoms with Crippen LogP contribution in [0.2, 0.25) is 0 Å². The second kappa shape index (κ2) is 6.23. The average Bonchev–Trinajstić information content (AvgIpc) is 2.89. The highest BCUT2D eigenvalue weighted by molar-refractivity contribution is 6.04. The molecule has 1 aromatic heterocycles. The van der Waals surface area contributed by atoms with Gasteiger partial charge >= 0.3 is 0 Å². The number of hydrogen-bond acceptors (Lipinski definition) is 3. The lowest BCUT2D eigenvalue weighted by molar-refractivity contribution is 0.102. The molecule has 0 fully saturated rings. The zero-order valence-electron chi connectivity index (χ0n) is 13.1. The van der Waals surface area contributed by atoms with Crippen LogP contribution in [0.15, 0.2) is 46.9 Å². The molecule has 0 aliphatic heterocycles. The first kappa shape index (κ1) is 15.9. The number of carbonyl (C=O) groups is 1. The molecule has 0 spiro atoms. The van der Waals surface area contributed by atoms with Crippen LogP contribution in [0.4, 0.5) is 14.5 Å². The van der Waals surface area contributed by atoms with Crippen LogP contribution in [0, 0.1) is 25.5 Å². The van der Waals surface area contributed by atoms with Crippen molar-refractivity contribution in [2.24, 2.45) is 0 Å². The Balaban J connectivity index is 1.87. The van der Waals surface area contributed by atoms with E-state index in [2.05, 4.69) is 10.3 Å². The van der Waals surface area contributed by atoms with Crippen LogP contribution < -0.4 is 5.32 Å². The number of nitrogens with zero attached hydrogens (tertiary/aromatic N) is 1. The third kappa shape index (κ3) is 3.17. The van der Waals surface area contributed by atoms with Crippen molar-refractivity contribution < 1.29 is 18.0 Å². The third-order valence-electron chi connectivity index (χ3n) is 3.57. The molecule has 0 radical (unpaired) electrons. The fourth-order valence-corrected chi connectivity index (χ4v) is 2.20. The van der Waals surface area contributed by atoms with Crippen LogP contribution in [-0.4, -0.2) is 10.9 Å². The molecule has 0 bridgehead atoms. The lowest BCUT2D eigenvalue weighted by atomic mass is 10.1. The second-order valence-corrected chi connectivity index (χ2v) is 5.32.